The quantitative estimate of drug-likeness (QED) is 0.511. The number of carbonyl (C=O) groups excluding carboxylic acids is 3. The van der Waals surface area contributed by atoms with E-state index < -0.39 is 0 Å². The first kappa shape index (κ1) is 20.1. The van der Waals surface area contributed by atoms with E-state index >= 15 is 0 Å². The molecule has 0 aliphatic rings. The standard InChI is InChI=1S/C16H29N3O3/c1-7-19(8-2)16(22)13(5)9-14(12(3)4)18(6)15(21)10-17-11-20/h9,11-12,14H,7-8,10H2,1-6H3,(H,17,20)/t14-/m1/s1. The molecule has 6 nitrogen and oxygen atoms in total. The molecule has 1 N–H and O–H groups in total. The molecule has 126 valence electrons. The second-order valence-electron chi connectivity index (χ2n) is 5.57. The van der Waals surface area contributed by atoms with Gasteiger partial charge in [0.2, 0.25) is 18.2 Å². The van der Waals surface area contributed by atoms with Gasteiger partial charge in [-0.15, -0.1) is 0 Å². The third-order valence-corrected chi connectivity index (χ3v) is 3.67. The highest BCUT2D eigenvalue weighted by molar-refractivity contribution is 5.93. The predicted molar refractivity (Wildman–Crippen MR) is 87.1 cm³/mol. The van der Waals surface area contributed by atoms with Crippen LogP contribution < -0.4 is 5.32 Å². The van der Waals surface area contributed by atoms with Crippen molar-refractivity contribution in [2.24, 2.45) is 5.92 Å². The molecule has 0 saturated heterocycles. The van der Waals surface area contributed by atoms with Crippen LogP contribution in [0.25, 0.3) is 0 Å². The topological polar surface area (TPSA) is 69.7 Å². The Morgan fingerprint density at radius 2 is 1.73 bits per heavy atom. The van der Waals surface area contributed by atoms with Crippen molar-refractivity contribution in [1.29, 1.82) is 0 Å². The SMILES string of the molecule is CCN(CC)C(=O)C(C)=C[C@H](C(C)C)N(C)C(=O)CNC=O. The Hall–Kier alpha value is -1.85. The number of carbonyl (C=O) groups is 3. The van der Waals surface area contributed by atoms with Gasteiger partial charge in [0, 0.05) is 25.7 Å². The molecule has 6 heteroatoms. The minimum absolute atomic E-state index is 0.0116. The predicted octanol–water partition coefficient (Wildman–Crippen LogP) is 1.03. The molecule has 0 aliphatic carbocycles. The largest absolute Gasteiger partial charge is 0.350 e. The molecule has 0 saturated carbocycles. The summed E-state index contributed by atoms with van der Waals surface area (Å²) < 4.78 is 0. The average molecular weight is 311 g/mol. The van der Waals surface area contributed by atoms with Crippen LogP contribution in [0.15, 0.2) is 11.6 Å². The van der Waals surface area contributed by atoms with Crippen molar-refractivity contribution in [3.8, 4) is 0 Å². The maximum Gasteiger partial charge on any atom is 0.249 e. The highest BCUT2D eigenvalue weighted by Crippen LogP contribution is 2.14. The highest BCUT2D eigenvalue weighted by Gasteiger charge is 2.22. The van der Waals surface area contributed by atoms with Gasteiger partial charge in [-0.25, -0.2) is 0 Å². The molecule has 0 aromatic carbocycles. The van der Waals surface area contributed by atoms with E-state index in [9.17, 15) is 14.4 Å². The van der Waals surface area contributed by atoms with Gasteiger partial charge in [0.15, 0.2) is 0 Å². The van der Waals surface area contributed by atoms with Crippen LogP contribution >= 0.6 is 0 Å². The minimum atomic E-state index is -0.194. The fraction of sp³-hybridized carbons (Fsp3) is 0.688. The highest BCUT2D eigenvalue weighted by atomic mass is 16.2. The molecule has 0 rings (SSSR count). The average Bonchev–Trinajstić information content (AvgIpc) is 2.49. The van der Waals surface area contributed by atoms with E-state index in [1.165, 1.54) is 0 Å². The first-order valence-electron chi connectivity index (χ1n) is 7.70. The van der Waals surface area contributed by atoms with Gasteiger partial charge in [-0.3, -0.25) is 14.4 Å². The van der Waals surface area contributed by atoms with Gasteiger partial charge in [-0.2, -0.15) is 0 Å². The Morgan fingerprint density at radius 3 is 2.14 bits per heavy atom. The number of hydrogen-bond donors (Lipinski definition) is 1. The zero-order valence-corrected chi connectivity index (χ0v) is 14.5. The maximum atomic E-state index is 12.3. The molecular formula is C16H29N3O3. The third-order valence-electron chi connectivity index (χ3n) is 3.67. The second kappa shape index (κ2) is 9.97. The van der Waals surface area contributed by atoms with Gasteiger partial charge in [-0.05, 0) is 26.7 Å². The first-order valence-corrected chi connectivity index (χ1v) is 7.70. The van der Waals surface area contributed by atoms with Crippen molar-refractivity contribution in [3.63, 3.8) is 0 Å². The van der Waals surface area contributed by atoms with E-state index in [-0.39, 0.29) is 30.3 Å². The van der Waals surface area contributed by atoms with Crippen molar-refractivity contribution in [3.05, 3.63) is 11.6 Å². The van der Waals surface area contributed by atoms with E-state index in [0.717, 1.165) is 0 Å². The van der Waals surface area contributed by atoms with E-state index in [1.807, 2.05) is 33.8 Å². The monoisotopic (exact) mass is 311 g/mol. The second-order valence-corrected chi connectivity index (χ2v) is 5.57. The number of nitrogens with one attached hydrogen (secondary N) is 1. The molecule has 0 bridgehead atoms. The van der Waals surface area contributed by atoms with Crippen LogP contribution in [-0.4, -0.2) is 60.7 Å². The van der Waals surface area contributed by atoms with Crippen LogP contribution in [0.5, 0.6) is 0 Å². The molecule has 1 atom stereocenters. The lowest BCUT2D eigenvalue weighted by Crippen LogP contribution is -2.44. The molecule has 22 heavy (non-hydrogen) atoms. The fourth-order valence-corrected chi connectivity index (χ4v) is 2.26. The van der Waals surface area contributed by atoms with Gasteiger partial charge in [0.05, 0.1) is 12.6 Å². The van der Waals surface area contributed by atoms with Crippen LogP contribution in [-0.2, 0) is 14.4 Å². The van der Waals surface area contributed by atoms with Gasteiger partial charge >= 0.3 is 0 Å². The van der Waals surface area contributed by atoms with Crippen molar-refractivity contribution >= 4 is 18.2 Å². The Bertz CT molecular complexity index is 415. The van der Waals surface area contributed by atoms with Crippen molar-refractivity contribution in [2.75, 3.05) is 26.7 Å². The summed E-state index contributed by atoms with van der Waals surface area (Å²) >= 11 is 0. The number of rotatable bonds is 9. The molecule has 0 unspecified atom stereocenters. The lowest BCUT2D eigenvalue weighted by molar-refractivity contribution is -0.132. The summed E-state index contributed by atoms with van der Waals surface area (Å²) in [5, 5.41) is 2.37. The molecular weight excluding hydrogens is 282 g/mol. The number of nitrogens with zero attached hydrogens (tertiary/aromatic N) is 2. The maximum absolute atomic E-state index is 12.3. The van der Waals surface area contributed by atoms with E-state index in [0.29, 0.717) is 25.1 Å². The molecule has 0 aromatic rings. The Labute approximate surface area is 133 Å². The van der Waals surface area contributed by atoms with Gasteiger partial charge in [0.1, 0.15) is 0 Å². The van der Waals surface area contributed by atoms with Crippen molar-refractivity contribution < 1.29 is 14.4 Å². The molecule has 0 aliphatic heterocycles. The van der Waals surface area contributed by atoms with Gasteiger partial charge in [0.25, 0.3) is 0 Å². The summed E-state index contributed by atoms with van der Waals surface area (Å²) in [7, 11) is 1.69. The number of amides is 3. The molecule has 0 heterocycles. The van der Waals surface area contributed by atoms with Gasteiger partial charge < -0.3 is 15.1 Å². The third kappa shape index (κ3) is 5.87. The summed E-state index contributed by atoms with van der Waals surface area (Å²) in [4.78, 5) is 38.0. The van der Waals surface area contributed by atoms with Crippen LogP contribution in [0.2, 0.25) is 0 Å². The smallest absolute Gasteiger partial charge is 0.249 e. The molecule has 0 aromatic heterocycles. The van der Waals surface area contributed by atoms with Crippen molar-refractivity contribution in [2.45, 2.75) is 40.7 Å². The molecule has 3 amide bonds. The van der Waals surface area contributed by atoms with Crippen molar-refractivity contribution in [1.82, 2.24) is 15.1 Å². The molecule has 0 fully saturated rings. The molecule has 0 radical (unpaired) electrons. The lowest BCUT2D eigenvalue weighted by Gasteiger charge is -2.30. The molecule has 0 spiro atoms. The number of likely N-dealkylation sites (N-methyl/N-ethyl adjacent to an activating group) is 2. The van der Waals surface area contributed by atoms with Gasteiger partial charge in [-0.1, -0.05) is 19.9 Å². The summed E-state index contributed by atoms with van der Waals surface area (Å²) in [5.41, 5.74) is 0.630. The van der Waals surface area contributed by atoms with E-state index in [2.05, 4.69) is 5.32 Å². The minimum Gasteiger partial charge on any atom is -0.350 e. The summed E-state index contributed by atoms with van der Waals surface area (Å²) in [6.07, 6.45) is 2.34. The summed E-state index contributed by atoms with van der Waals surface area (Å²) in [6.45, 7) is 10.9. The van der Waals surface area contributed by atoms with Crippen LogP contribution in [0.3, 0.4) is 0 Å². The normalized spacial score (nSPS) is 12.8. The Morgan fingerprint density at radius 1 is 1.18 bits per heavy atom. The Kier molecular flexibility index (Phi) is 9.13. The zero-order chi connectivity index (χ0) is 17.3. The van der Waals surface area contributed by atoms with E-state index in [4.69, 9.17) is 0 Å². The van der Waals surface area contributed by atoms with Crippen LogP contribution in [0.1, 0.15) is 34.6 Å². The zero-order valence-electron chi connectivity index (χ0n) is 14.5. The lowest BCUT2D eigenvalue weighted by atomic mass is 9.99. The fourth-order valence-electron chi connectivity index (χ4n) is 2.26. The summed E-state index contributed by atoms with van der Waals surface area (Å²) in [6, 6.07) is -0.194. The summed E-state index contributed by atoms with van der Waals surface area (Å²) in [5.74, 6) is -0.0442. The Balaban J connectivity index is 5.17. The number of hydrogen-bond acceptors (Lipinski definition) is 3. The van der Waals surface area contributed by atoms with Crippen LogP contribution in [0.4, 0.5) is 0 Å². The first-order chi connectivity index (χ1) is 10.3. The van der Waals surface area contributed by atoms with Crippen LogP contribution in [0, 0.1) is 5.92 Å². The van der Waals surface area contributed by atoms with E-state index in [1.54, 1.807) is 23.8 Å².